The van der Waals surface area contributed by atoms with E-state index in [0.29, 0.717) is 6.04 Å². The van der Waals surface area contributed by atoms with Crippen LogP contribution in [0.2, 0.25) is 0 Å². The van der Waals surface area contributed by atoms with Gasteiger partial charge in [-0.25, -0.2) is 4.98 Å². The molecule has 84 valence electrons. The second-order valence-electron chi connectivity index (χ2n) is 4.66. The first-order chi connectivity index (χ1) is 7.84. The number of rotatable bonds is 2. The zero-order valence-electron chi connectivity index (χ0n) is 9.63. The van der Waals surface area contributed by atoms with Crippen LogP contribution in [0.4, 0.5) is 0 Å². The van der Waals surface area contributed by atoms with Gasteiger partial charge in [0.1, 0.15) is 5.65 Å². The summed E-state index contributed by atoms with van der Waals surface area (Å²) >= 11 is 0. The van der Waals surface area contributed by atoms with Crippen molar-refractivity contribution in [3.05, 3.63) is 30.6 Å². The molecule has 1 atom stereocenters. The van der Waals surface area contributed by atoms with E-state index in [4.69, 9.17) is 0 Å². The fourth-order valence-corrected chi connectivity index (χ4v) is 2.60. The molecule has 0 N–H and O–H groups in total. The third-order valence-electron chi connectivity index (χ3n) is 3.60. The highest BCUT2D eigenvalue weighted by Gasteiger charge is 2.21. The summed E-state index contributed by atoms with van der Waals surface area (Å²) in [5.41, 5.74) is 1.11. The first-order valence-corrected chi connectivity index (χ1v) is 5.95. The Balaban J connectivity index is 1.89. The van der Waals surface area contributed by atoms with E-state index in [9.17, 15) is 0 Å². The Bertz CT molecular complexity index is 489. The molecule has 0 spiro atoms. The summed E-state index contributed by atoms with van der Waals surface area (Å²) < 4.78 is 2.28. The molecule has 1 fully saturated rings. The Morgan fingerprint density at radius 2 is 2.38 bits per heavy atom. The van der Waals surface area contributed by atoms with Crippen LogP contribution in [-0.2, 0) is 6.54 Å². The monoisotopic (exact) mass is 215 g/mol. The maximum Gasteiger partial charge on any atom is 0.139 e. The number of likely N-dealkylation sites (N-methyl/N-ethyl adjacent to an activating group) is 1. The van der Waals surface area contributed by atoms with Crippen LogP contribution in [0.3, 0.4) is 0 Å². The minimum Gasteiger partial charge on any atom is -0.331 e. The van der Waals surface area contributed by atoms with Gasteiger partial charge in [0.15, 0.2) is 0 Å². The fourth-order valence-electron chi connectivity index (χ4n) is 2.60. The second-order valence-corrected chi connectivity index (χ2v) is 4.66. The number of nitrogens with zero attached hydrogens (tertiary/aromatic N) is 3. The van der Waals surface area contributed by atoms with Crippen LogP contribution in [0.5, 0.6) is 0 Å². The minimum absolute atomic E-state index is 0.678. The lowest BCUT2D eigenvalue weighted by Crippen LogP contribution is -2.29. The lowest BCUT2D eigenvalue weighted by Gasteiger charge is -2.20. The summed E-state index contributed by atoms with van der Waals surface area (Å²) in [6, 6.07) is 6.95. The predicted molar refractivity (Wildman–Crippen MR) is 65.4 cm³/mol. The number of aromatic nitrogens is 2. The van der Waals surface area contributed by atoms with Gasteiger partial charge in [0.05, 0.1) is 0 Å². The highest BCUT2D eigenvalue weighted by atomic mass is 15.2. The summed E-state index contributed by atoms with van der Waals surface area (Å²) in [5.74, 6) is 0. The molecule has 1 unspecified atom stereocenters. The third-order valence-corrected chi connectivity index (χ3v) is 3.60. The van der Waals surface area contributed by atoms with Crippen molar-refractivity contribution >= 4 is 11.0 Å². The molecule has 16 heavy (non-hydrogen) atoms. The molecule has 0 saturated carbocycles. The van der Waals surface area contributed by atoms with Crippen LogP contribution in [0, 0.1) is 0 Å². The van der Waals surface area contributed by atoms with Gasteiger partial charge in [-0.2, -0.15) is 0 Å². The van der Waals surface area contributed by atoms with Crippen molar-refractivity contribution in [1.82, 2.24) is 14.5 Å². The predicted octanol–water partition coefficient (Wildman–Crippen LogP) is 2.13. The normalized spacial score (nSPS) is 21.9. The van der Waals surface area contributed by atoms with Crippen LogP contribution in [0.25, 0.3) is 11.0 Å². The maximum absolute atomic E-state index is 4.45. The molecule has 0 radical (unpaired) electrons. The fraction of sp³-hybridized carbons (Fsp3) is 0.462. The molecule has 0 aliphatic carbocycles. The van der Waals surface area contributed by atoms with E-state index in [1.54, 1.807) is 0 Å². The van der Waals surface area contributed by atoms with Crippen LogP contribution < -0.4 is 0 Å². The number of fused-ring (bicyclic) bond motifs is 1. The van der Waals surface area contributed by atoms with Crippen molar-refractivity contribution in [2.24, 2.45) is 0 Å². The Kier molecular flexibility index (Phi) is 2.40. The Morgan fingerprint density at radius 3 is 3.19 bits per heavy atom. The van der Waals surface area contributed by atoms with Crippen molar-refractivity contribution < 1.29 is 0 Å². The smallest absolute Gasteiger partial charge is 0.139 e. The second kappa shape index (κ2) is 3.91. The van der Waals surface area contributed by atoms with Gasteiger partial charge in [-0.15, -0.1) is 0 Å². The molecule has 2 aromatic rings. The molecule has 1 saturated heterocycles. The molecule has 3 heterocycles. The van der Waals surface area contributed by atoms with Crippen LogP contribution in [0.15, 0.2) is 30.6 Å². The van der Waals surface area contributed by atoms with Crippen molar-refractivity contribution in [1.29, 1.82) is 0 Å². The summed E-state index contributed by atoms with van der Waals surface area (Å²) in [4.78, 5) is 6.91. The van der Waals surface area contributed by atoms with E-state index in [2.05, 4.69) is 39.8 Å². The summed E-state index contributed by atoms with van der Waals surface area (Å²) in [7, 11) is 2.22. The Labute approximate surface area is 95.7 Å². The maximum atomic E-state index is 4.45. The first kappa shape index (κ1) is 9.85. The molecule has 0 aromatic carbocycles. The largest absolute Gasteiger partial charge is 0.331 e. The van der Waals surface area contributed by atoms with E-state index in [1.807, 2.05) is 12.3 Å². The lowest BCUT2D eigenvalue weighted by atomic mass is 10.2. The molecule has 3 nitrogen and oxygen atoms in total. The summed E-state index contributed by atoms with van der Waals surface area (Å²) in [6.07, 6.45) is 6.66. The number of hydrogen-bond donors (Lipinski definition) is 0. The zero-order valence-corrected chi connectivity index (χ0v) is 9.63. The van der Waals surface area contributed by atoms with Crippen LogP contribution in [-0.4, -0.2) is 34.1 Å². The van der Waals surface area contributed by atoms with E-state index >= 15 is 0 Å². The third kappa shape index (κ3) is 1.61. The van der Waals surface area contributed by atoms with E-state index in [-0.39, 0.29) is 0 Å². The highest BCUT2D eigenvalue weighted by molar-refractivity contribution is 5.75. The number of hydrogen-bond acceptors (Lipinski definition) is 2. The van der Waals surface area contributed by atoms with Crippen molar-refractivity contribution in [2.45, 2.75) is 25.4 Å². The van der Waals surface area contributed by atoms with Gasteiger partial charge in [0, 0.05) is 30.4 Å². The molecular weight excluding hydrogens is 198 g/mol. The summed E-state index contributed by atoms with van der Waals surface area (Å²) in [5, 5.41) is 1.24. The quantitative estimate of drug-likeness (QED) is 0.765. The van der Waals surface area contributed by atoms with Gasteiger partial charge in [0.25, 0.3) is 0 Å². The topological polar surface area (TPSA) is 21.1 Å². The molecule has 1 aliphatic heterocycles. The standard InChI is InChI=1S/C13H17N3/c1-15-8-3-5-12(15)10-16-9-6-11-4-2-7-14-13(11)16/h2,4,6-7,9,12H,3,5,8,10H2,1H3. The van der Waals surface area contributed by atoms with E-state index in [1.165, 1.54) is 24.8 Å². The molecule has 3 rings (SSSR count). The van der Waals surface area contributed by atoms with Crippen molar-refractivity contribution in [3.63, 3.8) is 0 Å². The summed E-state index contributed by atoms with van der Waals surface area (Å²) in [6.45, 7) is 2.30. The minimum atomic E-state index is 0.678. The van der Waals surface area contributed by atoms with Crippen molar-refractivity contribution in [3.8, 4) is 0 Å². The van der Waals surface area contributed by atoms with Crippen LogP contribution in [0.1, 0.15) is 12.8 Å². The average Bonchev–Trinajstić information content (AvgIpc) is 2.88. The van der Waals surface area contributed by atoms with Gasteiger partial charge in [-0.05, 0) is 44.6 Å². The molecule has 1 aliphatic rings. The Hall–Kier alpha value is -1.35. The SMILES string of the molecule is CN1CCCC1Cn1ccc2cccnc21. The number of pyridine rings is 1. The zero-order chi connectivity index (χ0) is 11.0. The first-order valence-electron chi connectivity index (χ1n) is 5.95. The van der Waals surface area contributed by atoms with E-state index < -0.39 is 0 Å². The average molecular weight is 215 g/mol. The molecule has 2 aromatic heterocycles. The van der Waals surface area contributed by atoms with Gasteiger partial charge in [-0.3, -0.25) is 0 Å². The molecule has 3 heteroatoms. The van der Waals surface area contributed by atoms with Crippen molar-refractivity contribution in [2.75, 3.05) is 13.6 Å². The molecular formula is C13H17N3. The Morgan fingerprint density at radius 1 is 1.44 bits per heavy atom. The van der Waals surface area contributed by atoms with Crippen LogP contribution >= 0.6 is 0 Å². The highest BCUT2D eigenvalue weighted by Crippen LogP contribution is 2.19. The number of likely N-dealkylation sites (tertiary alicyclic amines) is 1. The van der Waals surface area contributed by atoms with Gasteiger partial charge in [0.2, 0.25) is 0 Å². The van der Waals surface area contributed by atoms with E-state index in [0.717, 1.165) is 12.2 Å². The molecule has 0 amide bonds. The van der Waals surface area contributed by atoms with Gasteiger partial charge < -0.3 is 9.47 Å². The molecule has 0 bridgehead atoms. The lowest BCUT2D eigenvalue weighted by molar-refractivity contribution is 0.284. The van der Waals surface area contributed by atoms with Gasteiger partial charge in [-0.1, -0.05) is 0 Å². The van der Waals surface area contributed by atoms with Gasteiger partial charge >= 0.3 is 0 Å².